The second-order valence-electron chi connectivity index (χ2n) is 5.02. The predicted molar refractivity (Wildman–Crippen MR) is 88.0 cm³/mol. The van der Waals surface area contributed by atoms with Gasteiger partial charge in [0.2, 0.25) is 5.91 Å². The number of nitrogens with zero attached hydrogens (tertiary/aromatic N) is 1. The van der Waals surface area contributed by atoms with Gasteiger partial charge in [-0.25, -0.2) is 0 Å². The first-order valence-corrected chi connectivity index (χ1v) is 8.14. The quantitative estimate of drug-likeness (QED) is 0.649. The summed E-state index contributed by atoms with van der Waals surface area (Å²) in [6.45, 7) is 1.29. The topological polar surface area (TPSA) is 58.4 Å². The molecule has 8 heteroatoms. The number of hydrogen-bond acceptors (Lipinski definition) is 3. The number of benzene rings is 1. The minimum atomic E-state index is -2.43. The molecule has 2 rings (SSSR count). The maximum atomic E-state index is 12.3. The van der Waals surface area contributed by atoms with Gasteiger partial charge in [0, 0.05) is 23.7 Å². The summed E-state index contributed by atoms with van der Waals surface area (Å²) >= 11 is 5.84. The molecule has 0 radical (unpaired) electrons. The van der Waals surface area contributed by atoms with Gasteiger partial charge in [0.05, 0.1) is 5.92 Å². The van der Waals surface area contributed by atoms with Crippen LogP contribution in [0.25, 0.3) is 0 Å². The molecule has 1 atom stereocenters. The highest BCUT2D eigenvalue weighted by Crippen LogP contribution is 2.26. The van der Waals surface area contributed by atoms with Crippen LogP contribution in [0.1, 0.15) is 12.8 Å². The molecule has 120 valence electrons. The second kappa shape index (κ2) is 7.73. The highest BCUT2D eigenvalue weighted by molar-refractivity contribution is 7.99. The average Bonchev–Trinajstić information content (AvgIpc) is 2.49. The number of primary amides is 1. The van der Waals surface area contributed by atoms with E-state index < -0.39 is 5.76 Å². The smallest absolute Gasteiger partial charge is 0.288 e. The number of thioether (sulfide) groups is 1. The number of halogens is 2. The third-order valence-electron chi connectivity index (χ3n) is 3.44. The lowest BCUT2D eigenvalue weighted by Crippen LogP contribution is -2.45. The van der Waals surface area contributed by atoms with Gasteiger partial charge in [0.1, 0.15) is 0 Å². The lowest BCUT2D eigenvalue weighted by atomic mass is 9.98. The SMILES string of the molecule is NC(=O)[C@@H]1CCCN(C(=S)Nc2ccc(SC(F)F)cc2)C1. The van der Waals surface area contributed by atoms with Gasteiger partial charge in [-0.05, 0) is 49.3 Å². The van der Waals surface area contributed by atoms with E-state index in [1.807, 2.05) is 4.90 Å². The zero-order chi connectivity index (χ0) is 16.1. The average molecular weight is 345 g/mol. The van der Waals surface area contributed by atoms with Crippen molar-refractivity contribution in [3.8, 4) is 0 Å². The van der Waals surface area contributed by atoms with Gasteiger partial charge in [0.15, 0.2) is 5.11 Å². The summed E-state index contributed by atoms with van der Waals surface area (Å²) in [5.74, 6) is -2.92. The predicted octanol–water partition coefficient (Wildman–Crippen LogP) is 2.90. The van der Waals surface area contributed by atoms with Gasteiger partial charge in [-0.3, -0.25) is 4.79 Å². The highest BCUT2D eigenvalue weighted by atomic mass is 32.2. The fourth-order valence-corrected chi connectivity index (χ4v) is 3.10. The van der Waals surface area contributed by atoms with Crippen LogP contribution in [0.5, 0.6) is 0 Å². The van der Waals surface area contributed by atoms with E-state index in [-0.39, 0.29) is 11.8 Å². The summed E-state index contributed by atoms with van der Waals surface area (Å²) in [4.78, 5) is 13.7. The molecule has 22 heavy (non-hydrogen) atoms. The van der Waals surface area contributed by atoms with Gasteiger partial charge < -0.3 is 16.0 Å². The minimum absolute atomic E-state index is 0.182. The Balaban J connectivity index is 1.92. The third-order valence-corrected chi connectivity index (χ3v) is 4.52. The Morgan fingerprint density at radius 1 is 1.41 bits per heavy atom. The summed E-state index contributed by atoms with van der Waals surface area (Å²) in [7, 11) is 0. The summed E-state index contributed by atoms with van der Waals surface area (Å²) in [5, 5.41) is 3.57. The number of anilines is 1. The Bertz CT molecular complexity index is 539. The number of nitrogens with one attached hydrogen (secondary N) is 1. The molecule has 1 amide bonds. The zero-order valence-electron chi connectivity index (χ0n) is 11.8. The van der Waals surface area contributed by atoms with Crippen LogP contribution in [0.15, 0.2) is 29.2 Å². The number of alkyl halides is 2. The normalized spacial score (nSPS) is 18.3. The molecular formula is C14H17F2N3OS2. The van der Waals surface area contributed by atoms with E-state index in [0.29, 0.717) is 28.3 Å². The number of rotatable bonds is 4. The zero-order valence-corrected chi connectivity index (χ0v) is 13.4. The first-order chi connectivity index (χ1) is 10.5. The Labute approximate surface area is 137 Å². The monoisotopic (exact) mass is 345 g/mol. The standard InChI is InChI=1S/C14H17F2N3OS2/c15-13(16)22-11-5-3-10(4-6-11)18-14(21)19-7-1-2-9(8-19)12(17)20/h3-6,9,13H,1-2,7-8H2,(H2,17,20)(H,18,21)/t9-/m1/s1. The number of likely N-dealkylation sites (tertiary alicyclic amines) is 1. The molecule has 0 aliphatic carbocycles. The van der Waals surface area contributed by atoms with Crippen LogP contribution in [0.4, 0.5) is 14.5 Å². The van der Waals surface area contributed by atoms with Crippen molar-refractivity contribution < 1.29 is 13.6 Å². The molecule has 0 unspecified atom stereocenters. The number of piperidine rings is 1. The van der Waals surface area contributed by atoms with Gasteiger partial charge in [-0.15, -0.1) is 0 Å². The van der Waals surface area contributed by atoms with Crippen molar-refractivity contribution >= 4 is 40.7 Å². The number of carbonyl (C=O) groups excluding carboxylic acids is 1. The van der Waals surface area contributed by atoms with Crippen LogP contribution in [0, 0.1) is 5.92 Å². The fourth-order valence-electron chi connectivity index (χ4n) is 2.32. The molecule has 0 spiro atoms. The van der Waals surface area contributed by atoms with Gasteiger partial charge >= 0.3 is 0 Å². The molecule has 1 aromatic rings. The molecule has 1 fully saturated rings. The van der Waals surface area contributed by atoms with Crippen LogP contribution in [0.2, 0.25) is 0 Å². The summed E-state index contributed by atoms with van der Waals surface area (Å²) in [6, 6.07) is 6.63. The van der Waals surface area contributed by atoms with Crippen molar-refractivity contribution in [3.05, 3.63) is 24.3 Å². The van der Waals surface area contributed by atoms with Crippen molar-refractivity contribution in [3.63, 3.8) is 0 Å². The van der Waals surface area contributed by atoms with Crippen molar-refractivity contribution in [2.45, 2.75) is 23.5 Å². The Kier molecular flexibility index (Phi) is 5.96. The molecule has 0 aromatic heterocycles. The van der Waals surface area contributed by atoms with E-state index in [9.17, 15) is 13.6 Å². The first-order valence-electron chi connectivity index (χ1n) is 6.86. The van der Waals surface area contributed by atoms with Crippen molar-refractivity contribution in [2.24, 2.45) is 11.7 Å². The molecule has 1 saturated heterocycles. The fraction of sp³-hybridized carbons (Fsp3) is 0.429. The number of thiocarbonyl (C=S) groups is 1. The molecule has 1 aliphatic rings. The lowest BCUT2D eigenvalue weighted by Gasteiger charge is -2.33. The van der Waals surface area contributed by atoms with E-state index in [2.05, 4.69) is 5.32 Å². The molecule has 1 aliphatic heterocycles. The highest BCUT2D eigenvalue weighted by Gasteiger charge is 2.25. The van der Waals surface area contributed by atoms with E-state index in [1.54, 1.807) is 24.3 Å². The number of amides is 1. The largest absolute Gasteiger partial charge is 0.369 e. The van der Waals surface area contributed by atoms with Crippen LogP contribution in [-0.4, -0.2) is 34.8 Å². The van der Waals surface area contributed by atoms with Crippen LogP contribution < -0.4 is 11.1 Å². The Hall–Kier alpha value is -1.41. The lowest BCUT2D eigenvalue weighted by molar-refractivity contribution is -0.122. The van der Waals surface area contributed by atoms with E-state index in [1.165, 1.54) is 0 Å². The van der Waals surface area contributed by atoms with Gasteiger partial charge in [0.25, 0.3) is 5.76 Å². The molecule has 1 aromatic carbocycles. The van der Waals surface area contributed by atoms with Crippen LogP contribution >= 0.6 is 24.0 Å². The van der Waals surface area contributed by atoms with Crippen molar-refractivity contribution in [1.29, 1.82) is 0 Å². The van der Waals surface area contributed by atoms with Gasteiger partial charge in [-0.1, -0.05) is 11.8 Å². The summed E-state index contributed by atoms with van der Waals surface area (Å²) in [6.07, 6.45) is 1.65. The third kappa shape index (κ3) is 4.81. The summed E-state index contributed by atoms with van der Waals surface area (Å²) < 4.78 is 24.5. The van der Waals surface area contributed by atoms with Crippen molar-refractivity contribution in [2.75, 3.05) is 18.4 Å². The molecule has 0 bridgehead atoms. The summed E-state index contributed by atoms with van der Waals surface area (Å²) in [5.41, 5.74) is 6.07. The van der Waals surface area contributed by atoms with Crippen LogP contribution in [-0.2, 0) is 4.79 Å². The molecule has 4 nitrogen and oxygen atoms in total. The van der Waals surface area contributed by atoms with E-state index in [4.69, 9.17) is 18.0 Å². The Morgan fingerprint density at radius 2 is 2.09 bits per heavy atom. The number of carbonyl (C=O) groups is 1. The number of nitrogens with two attached hydrogens (primary N) is 1. The second-order valence-corrected chi connectivity index (χ2v) is 6.47. The van der Waals surface area contributed by atoms with Crippen LogP contribution in [0.3, 0.4) is 0 Å². The first kappa shape index (κ1) is 17.0. The van der Waals surface area contributed by atoms with Crippen molar-refractivity contribution in [1.82, 2.24) is 4.90 Å². The molecule has 3 N–H and O–H groups in total. The number of hydrogen-bond donors (Lipinski definition) is 2. The van der Waals surface area contributed by atoms with E-state index >= 15 is 0 Å². The minimum Gasteiger partial charge on any atom is -0.369 e. The van der Waals surface area contributed by atoms with E-state index in [0.717, 1.165) is 25.1 Å². The molecule has 0 saturated carbocycles. The molecule has 1 heterocycles. The maximum Gasteiger partial charge on any atom is 0.288 e. The van der Waals surface area contributed by atoms with Gasteiger partial charge in [-0.2, -0.15) is 8.78 Å². The molecular weight excluding hydrogens is 328 g/mol. The maximum absolute atomic E-state index is 12.3. The Morgan fingerprint density at radius 3 is 2.68 bits per heavy atom.